The van der Waals surface area contributed by atoms with Crippen LogP contribution in [0, 0.1) is 0 Å². The van der Waals surface area contributed by atoms with E-state index in [1.165, 1.54) is 0 Å². The van der Waals surface area contributed by atoms with Crippen LogP contribution in [0.1, 0.15) is 12.8 Å². The third-order valence-electron chi connectivity index (χ3n) is 0.985. The van der Waals surface area contributed by atoms with Crippen LogP contribution in [0.25, 0.3) is 0 Å². The van der Waals surface area contributed by atoms with Gasteiger partial charge in [-0.1, -0.05) is 0 Å². The molecule has 0 spiro atoms. The van der Waals surface area contributed by atoms with Gasteiger partial charge in [-0.15, -0.1) is 0 Å². The Morgan fingerprint density at radius 2 is 2.33 bits per heavy atom. The van der Waals surface area contributed by atoms with E-state index in [1.807, 2.05) is 0 Å². The quantitative estimate of drug-likeness (QED) is 0.543. The molecule has 0 saturated heterocycles. The first-order valence-corrected chi connectivity index (χ1v) is 2.77. The van der Waals surface area contributed by atoms with E-state index >= 15 is 0 Å². The Hall–Kier alpha value is -0.640. The number of carboxylic acid groups (broad SMARTS) is 1. The lowest BCUT2D eigenvalue weighted by Gasteiger charge is -1.98. The Bertz CT molecular complexity index is 97.0. The molecule has 0 aliphatic rings. The fourth-order valence-electron chi connectivity index (χ4n) is 0.405. The van der Waals surface area contributed by atoms with Crippen LogP contribution in [0.3, 0.4) is 0 Å². The third-order valence-corrected chi connectivity index (χ3v) is 0.985. The van der Waals surface area contributed by atoms with E-state index in [-0.39, 0.29) is 12.5 Å². The average Bonchev–Trinajstić information content (AvgIpc) is 1.83. The van der Waals surface area contributed by atoms with Gasteiger partial charge in [-0.2, -0.15) is 0 Å². The molecule has 0 heterocycles. The van der Waals surface area contributed by atoms with E-state index in [0.717, 1.165) is 0 Å². The first-order valence-electron chi connectivity index (χ1n) is 2.77. The summed E-state index contributed by atoms with van der Waals surface area (Å²) in [5.41, 5.74) is 3.39. The highest BCUT2D eigenvalue weighted by Gasteiger charge is 2.06. The van der Waals surface area contributed by atoms with Gasteiger partial charge in [0.05, 0.1) is 6.42 Å². The highest BCUT2D eigenvalue weighted by atomic mass is 19.1. The summed E-state index contributed by atoms with van der Waals surface area (Å²) >= 11 is 0. The van der Waals surface area contributed by atoms with Crippen LogP contribution in [-0.4, -0.2) is 23.8 Å². The van der Waals surface area contributed by atoms with Crippen molar-refractivity contribution in [3.8, 4) is 0 Å². The van der Waals surface area contributed by atoms with Crippen molar-refractivity contribution < 1.29 is 20.0 Å². The monoisotopic (exact) mass is 136 g/mol. The molecule has 1 atom stereocenters. The fraction of sp³-hybridized carbons (Fsp3) is 0.800. The van der Waals surface area contributed by atoms with Crippen LogP contribution in [0.2, 0.25) is 0 Å². The van der Waals surface area contributed by atoms with E-state index in [9.17, 15) is 9.18 Å². The number of halogens is 1. The molecule has 0 aromatic carbocycles. The molecule has 54 valence electrons. The molecule has 0 aliphatic heterocycles. The predicted molar refractivity (Wildman–Crippen MR) is 29.5 cm³/mol. The van der Waals surface area contributed by atoms with Gasteiger partial charge in [0.25, 0.3) is 0 Å². The molecule has 9 heavy (non-hydrogen) atoms. The second kappa shape index (κ2) is 4.26. The lowest BCUT2D eigenvalue weighted by molar-refractivity contribution is -0.423. The number of carbonyl (C=O) groups is 1. The van der Waals surface area contributed by atoms with Gasteiger partial charge >= 0.3 is 5.97 Å². The van der Waals surface area contributed by atoms with Gasteiger partial charge in [0.1, 0.15) is 12.7 Å². The third kappa shape index (κ3) is 5.23. The van der Waals surface area contributed by atoms with Crippen molar-refractivity contribution in [2.75, 3.05) is 6.67 Å². The predicted octanol–water partition coefficient (Wildman–Crippen LogP) is -0.569. The summed E-state index contributed by atoms with van der Waals surface area (Å²) in [5.74, 6) is -0.892. The highest BCUT2D eigenvalue weighted by Crippen LogP contribution is 1.92. The van der Waals surface area contributed by atoms with Gasteiger partial charge in [-0.05, 0) is 0 Å². The van der Waals surface area contributed by atoms with E-state index < -0.39 is 12.6 Å². The van der Waals surface area contributed by atoms with E-state index in [2.05, 4.69) is 5.73 Å². The zero-order chi connectivity index (χ0) is 7.28. The molecule has 4 heteroatoms. The maximum absolute atomic E-state index is 11.6. The molecule has 0 radical (unpaired) electrons. The van der Waals surface area contributed by atoms with Gasteiger partial charge in [-0.3, -0.25) is 4.79 Å². The van der Waals surface area contributed by atoms with Crippen molar-refractivity contribution in [2.24, 2.45) is 0 Å². The number of rotatable bonds is 4. The summed E-state index contributed by atoms with van der Waals surface area (Å²) in [7, 11) is 0. The van der Waals surface area contributed by atoms with Crippen LogP contribution in [0.15, 0.2) is 0 Å². The maximum Gasteiger partial charge on any atom is 0.303 e. The van der Waals surface area contributed by atoms with Crippen molar-refractivity contribution in [3.63, 3.8) is 0 Å². The molecule has 3 nitrogen and oxygen atoms in total. The largest absolute Gasteiger partial charge is 0.481 e. The SMILES string of the molecule is [NH3+]C(CF)CCC(=O)O. The van der Waals surface area contributed by atoms with Gasteiger partial charge in [0, 0.05) is 6.42 Å². The number of carboxylic acids is 1. The summed E-state index contributed by atoms with van der Waals surface area (Å²) in [6, 6.07) is -0.360. The molecule has 0 aromatic heterocycles. The first kappa shape index (κ1) is 8.36. The Morgan fingerprint density at radius 1 is 1.78 bits per heavy atom. The molecule has 0 aromatic rings. The number of quaternary nitrogens is 1. The Kier molecular flexibility index (Phi) is 3.96. The molecular weight excluding hydrogens is 125 g/mol. The molecule has 0 rings (SSSR count). The first-order chi connectivity index (χ1) is 4.16. The van der Waals surface area contributed by atoms with Crippen LogP contribution in [0.5, 0.6) is 0 Å². The fourth-order valence-corrected chi connectivity index (χ4v) is 0.405. The standard InChI is InChI=1S/C5H10FNO2/c6-3-4(7)1-2-5(8)9/h4H,1-3,7H2,(H,8,9)/p+1. The van der Waals surface area contributed by atoms with Crippen LogP contribution in [0.4, 0.5) is 4.39 Å². The number of aliphatic carboxylic acids is 1. The van der Waals surface area contributed by atoms with Gasteiger partial charge in [0.15, 0.2) is 0 Å². The summed E-state index contributed by atoms with van der Waals surface area (Å²) in [4.78, 5) is 9.87. The Morgan fingerprint density at radius 3 is 2.67 bits per heavy atom. The summed E-state index contributed by atoms with van der Waals surface area (Å²) in [6.07, 6.45) is 0.337. The second-order valence-corrected chi connectivity index (χ2v) is 1.95. The maximum atomic E-state index is 11.6. The van der Waals surface area contributed by atoms with E-state index in [4.69, 9.17) is 5.11 Å². The van der Waals surface area contributed by atoms with Crippen molar-refractivity contribution in [1.82, 2.24) is 0 Å². The van der Waals surface area contributed by atoms with Crippen molar-refractivity contribution >= 4 is 5.97 Å². The molecule has 0 aliphatic carbocycles. The average molecular weight is 136 g/mol. The molecule has 0 fully saturated rings. The van der Waals surface area contributed by atoms with Crippen molar-refractivity contribution in [3.05, 3.63) is 0 Å². The minimum absolute atomic E-state index is 0.0120. The molecule has 0 amide bonds. The zero-order valence-electron chi connectivity index (χ0n) is 5.14. The lowest BCUT2D eigenvalue weighted by Crippen LogP contribution is -2.62. The molecule has 4 N–H and O–H groups in total. The number of alkyl halides is 1. The zero-order valence-corrected chi connectivity index (χ0v) is 5.14. The van der Waals surface area contributed by atoms with Crippen LogP contribution >= 0.6 is 0 Å². The minimum Gasteiger partial charge on any atom is -0.481 e. The van der Waals surface area contributed by atoms with Gasteiger partial charge in [-0.25, -0.2) is 4.39 Å². The number of hydrogen-bond donors (Lipinski definition) is 2. The molecule has 0 saturated carbocycles. The Balaban J connectivity index is 3.16. The minimum atomic E-state index is -0.892. The smallest absolute Gasteiger partial charge is 0.303 e. The summed E-state index contributed by atoms with van der Waals surface area (Å²) in [5, 5.41) is 8.11. The molecule has 1 unspecified atom stereocenters. The van der Waals surface area contributed by atoms with Gasteiger partial charge in [0.2, 0.25) is 0 Å². The van der Waals surface area contributed by atoms with Crippen LogP contribution < -0.4 is 5.73 Å². The van der Waals surface area contributed by atoms with E-state index in [1.54, 1.807) is 0 Å². The lowest BCUT2D eigenvalue weighted by atomic mass is 10.2. The van der Waals surface area contributed by atoms with Crippen LogP contribution in [-0.2, 0) is 4.79 Å². The molecular formula is C5H11FNO2+. The highest BCUT2D eigenvalue weighted by molar-refractivity contribution is 5.66. The van der Waals surface area contributed by atoms with Gasteiger partial charge < -0.3 is 10.8 Å². The van der Waals surface area contributed by atoms with E-state index in [0.29, 0.717) is 6.42 Å². The molecule has 0 bridgehead atoms. The van der Waals surface area contributed by atoms with Crippen molar-refractivity contribution in [1.29, 1.82) is 0 Å². The van der Waals surface area contributed by atoms with Crippen molar-refractivity contribution in [2.45, 2.75) is 18.9 Å². The summed E-state index contributed by atoms with van der Waals surface area (Å²) in [6.45, 7) is -0.534. The topological polar surface area (TPSA) is 64.9 Å². The summed E-state index contributed by atoms with van der Waals surface area (Å²) < 4.78 is 11.6. The number of hydrogen-bond acceptors (Lipinski definition) is 1. The normalized spacial score (nSPS) is 13.1. The Labute approximate surface area is 52.7 Å². The second-order valence-electron chi connectivity index (χ2n) is 1.95.